The maximum Gasteiger partial charge on any atom is 0.376 e. The van der Waals surface area contributed by atoms with Gasteiger partial charge in [0.2, 0.25) is 5.82 Å². The smallest absolute Gasteiger partial charge is 0.376 e. The van der Waals surface area contributed by atoms with Crippen LogP contribution < -0.4 is 5.32 Å². The van der Waals surface area contributed by atoms with Crippen LogP contribution >= 0.6 is 0 Å². The predicted octanol–water partition coefficient (Wildman–Crippen LogP) is -0.333. The fourth-order valence-corrected chi connectivity index (χ4v) is 3.03. The second kappa shape index (κ2) is 7.42. The van der Waals surface area contributed by atoms with Gasteiger partial charge < -0.3 is 29.4 Å². The van der Waals surface area contributed by atoms with Crippen LogP contribution in [-0.4, -0.2) is 83.3 Å². The van der Waals surface area contributed by atoms with Gasteiger partial charge in [0.05, 0.1) is 13.4 Å². The normalized spacial score (nSPS) is 24.9. The molecule has 146 valence electrons. The van der Waals surface area contributed by atoms with Crippen molar-refractivity contribution in [1.82, 2.24) is 19.5 Å². The number of aromatic nitrogens is 4. The predicted molar refractivity (Wildman–Crippen MR) is 89.3 cm³/mol. The van der Waals surface area contributed by atoms with Crippen LogP contribution in [0.25, 0.3) is 11.2 Å². The van der Waals surface area contributed by atoms with Gasteiger partial charge in [-0.15, -0.1) is 0 Å². The van der Waals surface area contributed by atoms with Crippen molar-refractivity contribution < 1.29 is 33.6 Å². The number of carboxylic acids is 1. The molecule has 1 fully saturated rings. The van der Waals surface area contributed by atoms with Crippen LogP contribution in [0, 0.1) is 0 Å². The maximum atomic E-state index is 11.9. The molecular weight excluding hydrogens is 362 g/mol. The molecule has 0 saturated carbocycles. The molecule has 1 saturated heterocycles. The monoisotopic (exact) mass is 381 g/mol. The zero-order chi connectivity index (χ0) is 19.7. The van der Waals surface area contributed by atoms with E-state index in [2.05, 4.69) is 25.0 Å². The van der Waals surface area contributed by atoms with Crippen molar-refractivity contribution in [2.75, 3.05) is 33.7 Å². The lowest BCUT2D eigenvalue weighted by molar-refractivity contribution is -0.156. The van der Waals surface area contributed by atoms with Crippen LogP contribution in [0.2, 0.25) is 0 Å². The maximum absolute atomic E-state index is 11.9. The Bertz CT molecular complexity index is 870. The summed E-state index contributed by atoms with van der Waals surface area (Å²) in [5.74, 6) is -1.78. The minimum absolute atomic E-state index is 0.180. The molecule has 1 aliphatic heterocycles. The van der Waals surface area contributed by atoms with E-state index in [1.54, 1.807) is 7.05 Å². The molecular formula is C15H19N5O7. The number of nitrogens with one attached hydrogen (secondary N) is 1. The largest absolute Gasteiger partial charge is 0.479 e. The first-order valence-corrected chi connectivity index (χ1v) is 7.91. The molecule has 0 aromatic carbocycles. The summed E-state index contributed by atoms with van der Waals surface area (Å²) in [6, 6.07) is 0. The summed E-state index contributed by atoms with van der Waals surface area (Å²) in [5, 5.41) is 12.2. The van der Waals surface area contributed by atoms with Gasteiger partial charge in [0, 0.05) is 21.3 Å². The van der Waals surface area contributed by atoms with E-state index in [1.165, 1.54) is 32.2 Å². The molecule has 0 aliphatic carbocycles. The van der Waals surface area contributed by atoms with E-state index < -0.39 is 36.5 Å². The molecule has 27 heavy (non-hydrogen) atoms. The van der Waals surface area contributed by atoms with Crippen LogP contribution in [0.1, 0.15) is 16.8 Å². The van der Waals surface area contributed by atoms with E-state index in [1.807, 2.05) is 0 Å². The number of imidazole rings is 1. The van der Waals surface area contributed by atoms with Crippen LogP contribution in [0.15, 0.2) is 6.33 Å². The molecule has 3 rings (SSSR count). The van der Waals surface area contributed by atoms with Crippen molar-refractivity contribution in [3.8, 4) is 0 Å². The minimum atomic E-state index is -1.24. The average Bonchev–Trinajstić information content (AvgIpc) is 3.26. The van der Waals surface area contributed by atoms with E-state index >= 15 is 0 Å². The second-order valence-corrected chi connectivity index (χ2v) is 5.65. The number of methoxy groups -OCH3 is 3. The SMILES string of the molecule is CNc1nc(C(=O)OC)nc2c1ncn2C1O[C@H](C(=O)O)C(OC)C1OC. The number of rotatable bonds is 6. The molecule has 0 amide bonds. The second-order valence-electron chi connectivity index (χ2n) is 5.65. The standard InChI is InChI=1S/C15H19N5O7/c1-16-10-6-12(19-11(18-10)15(23)26-4)20(5-17-6)13-8(25-3)7(24-2)9(27-13)14(21)22/h5,7-9,13H,1-4H3,(H,21,22)(H,16,18,19)/t7?,8?,9-,13?/m0/s1. The number of ether oxygens (including phenoxy) is 4. The van der Waals surface area contributed by atoms with E-state index in [0.29, 0.717) is 11.3 Å². The van der Waals surface area contributed by atoms with Gasteiger partial charge in [-0.3, -0.25) is 4.57 Å². The molecule has 2 N–H and O–H groups in total. The Labute approximate surface area is 153 Å². The Balaban J connectivity index is 2.13. The summed E-state index contributed by atoms with van der Waals surface area (Å²) >= 11 is 0. The summed E-state index contributed by atoms with van der Waals surface area (Å²) in [7, 11) is 5.63. The number of carbonyl (C=O) groups excluding carboxylic acids is 1. The van der Waals surface area contributed by atoms with Gasteiger partial charge in [-0.1, -0.05) is 0 Å². The Morgan fingerprint density at radius 2 is 1.93 bits per heavy atom. The number of nitrogens with zero attached hydrogens (tertiary/aromatic N) is 4. The molecule has 2 aromatic heterocycles. The van der Waals surface area contributed by atoms with Gasteiger partial charge in [-0.2, -0.15) is 0 Å². The number of aliphatic carboxylic acids is 1. The van der Waals surface area contributed by atoms with Crippen LogP contribution in [0.5, 0.6) is 0 Å². The molecule has 0 bridgehead atoms. The van der Waals surface area contributed by atoms with Gasteiger partial charge in [0.25, 0.3) is 0 Å². The summed E-state index contributed by atoms with van der Waals surface area (Å²) in [4.78, 5) is 35.9. The van der Waals surface area contributed by atoms with Crippen molar-refractivity contribution in [3.63, 3.8) is 0 Å². The first-order valence-electron chi connectivity index (χ1n) is 7.91. The topological polar surface area (TPSA) is 147 Å². The molecule has 3 unspecified atom stereocenters. The molecule has 4 atom stereocenters. The minimum Gasteiger partial charge on any atom is -0.479 e. The number of carbonyl (C=O) groups is 2. The van der Waals surface area contributed by atoms with Crippen molar-refractivity contribution in [2.45, 2.75) is 24.5 Å². The highest BCUT2D eigenvalue weighted by Crippen LogP contribution is 2.35. The number of fused-ring (bicyclic) bond motifs is 1. The molecule has 2 aromatic rings. The molecule has 3 heterocycles. The Hall–Kier alpha value is -2.83. The third-order valence-electron chi connectivity index (χ3n) is 4.28. The lowest BCUT2D eigenvalue weighted by atomic mass is 10.1. The van der Waals surface area contributed by atoms with Gasteiger partial charge in [-0.25, -0.2) is 24.5 Å². The van der Waals surface area contributed by atoms with E-state index in [-0.39, 0.29) is 11.5 Å². The number of esters is 1. The first-order chi connectivity index (χ1) is 13.0. The van der Waals surface area contributed by atoms with E-state index in [0.717, 1.165) is 0 Å². The highest BCUT2D eigenvalue weighted by molar-refractivity contribution is 5.91. The first kappa shape index (κ1) is 18.9. The molecule has 0 spiro atoms. The van der Waals surface area contributed by atoms with Crippen LogP contribution in [0.4, 0.5) is 5.82 Å². The molecule has 1 aliphatic rings. The fraction of sp³-hybridized carbons (Fsp3) is 0.533. The summed E-state index contributed by atoms with van der Waals surface area (Å²) in [6.45, 7) is 0. The van der Waals surface area contributed by atoms with Gasteiger partial charge in [0.1, 0.15) is 12.2 Å². The third kappa shape index (κ3) is 3.07. The van der Waals surface area contributed by atoms with Crippen LogP contribution in [0.3, 0.4) is 0 Å². The van der Waals surface area contributed by atoms with Crippen molar-refractivity contribution in [1.29, 1.82) is 0 Å². The Morgan fingerprint density at radius 3 is 2.48 bits per heavy atom. The van der Waals surface area contributed by atoms with Crippen molar-refractivity contribution in [2.24, 2.45) is 0 Å². The number of hydrogen-bond acceptors (Lipinski definition) is 10. The summed E-state index contributed by atoms with van der Waals surface area (Å²) < 4.78 is 22.5. The lowest BCUT2D eigenvalue weighted by Crippen LogP contribution is -2.38. The summed E-state index contributed by atoms with van der Waals surface area (Å²) in [6.07, 6.45) is -2.32. The van der Waals surface area contributed by atoms with Crippen molar-refractivity contribution >= 4 is 28.9 Å². The highest BCUT2D eigenvalue weighted by atomic mass is 16.6. The molecule has 12 heteroatoms. The lowest BCUT2D eigenvalue weighted by Gasteiger charge is -2.21. The molecule has 12 nitrogen and oxygen atoms in total. The zero-order valence-corrected chi connectivity index (χ0v) is 15.1. The van der Waals surface area contributed by atoms with Gasteiger partial charge in [-0.05, 0) is 0 Å². The number of hydrogen-bond donors (Lipinski definition) is 2. The highest BCUT2D eigenvalue weighted by Gasteiger charge is 2.50. The third-order valence-corrected chi connectivity index (χ3v) is 4.28. The molecule has 0 radical (unpaired) electrons. The summed E-state index contributed by atoms with van der Waals surface area (Å²) in [5.41, 5.74) is 0.624. The van der Waals surface area contributed by atoms with E-state index in [4.69, 9.17) is 14.2 Å². The zero-order valence-electron chi connectivity index (χ0n) is 15.1. The Morgan fingerprint density at radius 1 is 1.22 bits per heavy atom. The van der Waals surface area contributed by atoms with Crippen LogP contribution in [-0.2, 0) is 23.7 Å². The Kier molecular flexibility index (Phi) is 5.21. The van der Waals surface area contributed by atoms with Gasteiger partial charge >= 0.3 is 11.9 Å². The number of carboxylic acid groups (broad SMARTS) is 1. The average molecular weight is 381 g/mol. The van der Waals surface area contributed by atoms with Crippen molar-refractivity contribution in [3.05, 3.63) is 12.2 Å². The van der Waals surface area contributed by atoms with Gasteiger partial charge in [0.15, 0.2) is 29.3 Å². The van der Waals surface area contributed by atoms with E-state index in [9.17, 15) is 14.7 Å². The fourth-order valence-electron chi connectivity index (χ4n) is 3.03. The number of anilines is 1. The quantitative estimate of drug-likeness (QED) is 0.634.